The largest absolute Gasteiger partial charge is 0.258 e. The lowest BCUT2D eigenvalue weighted by molar-refractivity contribution is 0.621. The molecule has 53 valence electrons. The molecule has 0 aliphatic carbocycles. The van der Waals surface area contributed by atoms with Gasteiger partial charge in [0, 0.05) is 12.1 Å². The van der Waals surface area contributed by atoms with Crippen LogP contribution in [0.3, 0.4) is 0 Å². The predicted octanol–water partition coefficient (Wildman–Crippen LogP) is 2.45. The number of pyridine rings is 1. The third-order valence-corrected chi connectivity index (χ3v) is 1.42. The number of nitrogens with zero attached hydrogens (tertiary/aromatic N) is 1. The van der Waals surface area contributed by atoms with E-state index >= 15 is 0 Å². The number of aromatic nitrogens is 1. The molecule has 10 heavy (non-hydrogen) atoms. The van der Waals surface area contributed by atoms with E-state index in [1.807, 2.05) is 6.92 Å². The van der Waals surface area contributed by atoms with Gasteiger partial charge in [-0.15, -0.1) is 0 Å². The summed E-state index contributed by atoms with van der Waals surface area (Å²) in [5.74, 6) is -0.479. The summed E-state index contributed by atoms with van der Waals surface area (Å²) in [5, 5.41) is 0.114. The van der Waals surface area contributed by atoms with Crippen LogP contribution in [0.4, 0.5) is 4.39 Å². The van der Waals surface area contributed by atoms with Crippen LogP contribution in [-0.4, -0.2) is 4.98 Å². The molecule has 1 nitrogen and oxygen atoms in total. The van der Waals surface area contributed by atoms with Gasteiger partial charge in [-0.3, -0.25) is 4.98 Å². The predicted molar refractivity (Wildman–Crippen MR) is 38.3 cm³/mol. The van der Waals surface area contributed by atoms with Crippen molar-refractivity contribution < 1.29 is 4.39 Å². The zero-order valence-corrected chi connectivity index (χ0v) is 6.19. The Morgan fingerprint density at radius 1 is 1.70 bits per heavy atom. The molecule has 0 saturated heterocycles. The molecule has 0 fully saturated rings. The summed E-state index contributed by atoms with van der Waals surface area (Å²) in [6.45, 7) is 1.82. The minimum atomic E-state index is -0.479. The molecule has 1 radical (unpaired) electrons. The number of rotatable bonds is 1. The van der Waals surface area contributed by atoms with Gasteiger partial charge < -0.3 is 0 Å². The van der Waals surface area contributed by atoms with Crippen molar-refractivity contribution in [3.05, 3.63) is 35.2 Å². The lowest BCUT2D eigenvalue weighted by Crippen LogP contribution is -1.86. The van der Waals surface area contributed by atoms with Crippen molar-refractivity contribution in [1.82, 2.24) is 4.98 Å². The first-order valence-electron chi connectivity index (χ1n) is 2.84. The van der Waals surface area contributed by atoms with Crippen molar-refractivity contribution in [3.8, 4) is 0 Å². The van der Waals surface area contributed by atoms with E-state index in [0.717, 1.165) is 6.20 Å². The van der Waals surface area contributed by atoms with Gasteiger partial charge in [0.2, 0.25) is 0 Å². The molecule has 3 heteroatoms. The van der Waals surface area contributed by atoms with Gasteiger partial charge in [-0.2, -0.15) is 0 Å². The van der Waals surface area contributed by atoms with Gasteiger partial charge in [0.1, 0.15) is 0 Å². The van der Waals surface area contributed by atoms with Gasteiger partial charge in [-0.1, -0.05) is 18.5 Å². The third-order valence-electron chi connectivity index (χ3n) is 1.13. The average Bonchev–Trinajstić information content (AvgIpc) is 1.95. The lowest BCUT2D eigenvalue weighted by Gasteiger charge is -1.95. The van der Waals surface area contributed by atoms with Gasteiger partial charge >= 0.3 is 0 Å². The highest BCUT2D eigenvalue weighted by Gasteiger charge is 1.99. The van der Waals surface area contributed by atoms with Crippen LogP contribution >= 0.6 is 11.6 Å². The Kier molecular flexibility index (Phi) is 2.22. The van der Waals surface area contributed by atoms with Crippen LogP contribution in [0.2, 0.25) is 5.02 Å². The topological polar surface area (TPSA) is 12.9 Å². The highest BCUT2D eigenvalue weighted by atomic mass is 35.5. The normalized spacial score (nSPS) is 9.90. The zero-order valence-electron chi connectivity index (χ0n) is 5.44. The van der Waals surface area contributed by atoms with Crippen molar-refractivity contribution in [2.45, 2.75) is 6.92 Å². The molecule has 0 bridgehead atoms. The molecule has 0 saturated carbocycles. The van der Waals surface area contributed by atoms with Crippen LogP contribution in [0, 0.1) is 12.2 Å². The van der Waals surface area contributed by atoms with Crippen LogP contribution in [0.5, 0.6) is 0 Å². The van der Waals surface area contributed by atoms with Gasteiger partial charge in [0.25, 0.3) is 0 Å². The number of hydrogen-bond acceptors (Lipinski definition) is 1. The Hall–Kier alpha value is -0.630. The molecule has 0 spiro atoms. The van der Waals surface area contributed by atoms with E-state index in [-0.39, 0.29) is 5.02 Å². The molecule has 1 heterocycles. The Balaban J connectivity index is 3.04. The minimum Gasteiger partial charge on any atom is -0.258 e. The van der Waals surface area contributed by atoms with Gasteiger partial charge in [-0.25, -0.2) is 4.39 Å². The van der Waals surface area contributed by atoms with Crippen molar-refractivity contribution in [3.63, 3.8) is 0 Å². The fourth-order valence-corrected chi connectivity index (χ4v) is 0.747. The first kappa shape index (κ1) is 7.48. The fraction of sp³-hybridized carbons (Fsp3) is 0.143. The Morgan fingerprint density at radius 2 is 2.40 bits per heavy atom. The Labute approximate surface area is 63.8 Å². The van der Waals surface area contributed by atoms with Crippen LogP contribution in [0.25, 0.3) is 0 Å². The fourth-order valence-electron chi connectivity index (χ4n) is 0.587. The molecule has 0 N–H and O–H groups in total. The van der Waals surface area contributed by atoms with E-state index in [4.69, 9.17) is 11.6 Å². The summed E-state index contributed by atoms with van der Waals surface area (Å²) in [6, 6.07) is 1.48. The Morgan fingerprint density at radius 3 is 2.90 bits per heavy atom. The summed E-state index contributed by atoms with van der Waals surface area (Å²) < 4.78 is 12.4. The van der Waals surface area contributed by atoms with E-state index in [2.05, 4.69) is 4.98 Å². The van der Waals surface area contributed by atoms with Crippen LogP contribution in [0.15, 0.2) is 12.3 Å². The quantitative estimate of drug-likeness (QED) is 0.612. The maximum atomic E-state index is 12.4. The van der Waals surface area contributed by atoms with Gasteiger partial charge in [-0.05, 0) is 6.07 Å². The SMILES string of the molecule is C[CH]c1cc(Cl)c(F)cn1. The van der Waals surface area contributed by atoms with Crippen molar-refractivity contribution in [1.29, 1.82) is 0 Å². The van der Waals surface area contributed by atoms with Crippen LogP contribution < -0.4 is 0 Å². The molecule has 0 atom stereocenters. The molecule has 1 aromatic rings. The van der Waals surface area contributed by atoms with E-state index in [0.29, 0.717) is 5.69 Å². The van der Waals surface area contributed by atoms with Gasteiger partial charge in [0.05, 0.1) is 11.2 Å². The summed E-state index contributed by atoms with van der Waals surface area (Å²) >= 11 is 5.46. The first-order chi connectivity index (χ1) is 4.74. The molecule has 0 aromatic carbocycles. The average molecular weight is 159 g/mol. The van der Waals surface area contributed by atoms with E-state index in [9.17, 15) is 4.39 Å². The minimum absolute atomic E-state index is 0.114. The van der Waals surface area contributed by atoms with Crippen LogP contribution in [-0.2, 0) is 0 Å². The second kappa shape index (κ2) is 2.97. The monoisotopic (exact) mass is 158 g/mol. The second-order valence-corrected chi connectivity index (χ2v) is 2.22. The maximum absolute atomic E-state index is 12.4. The zero-order chi connectivity index (χ0) is 7.56. The highest BCUT2D eigenvalue weighted by molar-refractivity contribution is 6.30. The summed E-state index contributed by atoms with van der Waals surface area (Å²) in [5.41, 5.74) is 0.686. The Bertz CT molecular complexity index is 237. The van der Waals surface area contributed by atoms with Crippen LogP contribution in [0.1, 0.15) is 12.6 Å². The highest BCUT2D eigenvalue weighted by Crippen LogP contribution is 2.14. The van der Waals surface area contributed by atoms with Gasteiger partial charge in [0.15, 0.2) is 5.82 Å². The molecule has 1 rings (SSSR count). The summed E-state index contributed by atoms with van der Waals surface area (Å²) in [6.07, 6.45) is 2.86. The molecule has 1 aromatic heterocycles. The smallest absolute Gasteiger partial charge is 0.160 e. The van der Waals surface area contributed by atoms with Crippen molar-refractivity contribution >= 4 is 11.6 Å². The standard InChI is InChI=1S/C7H6ClFN/c1-2-5-3-6(8)7(9)4-10-5/h2-4H,1H3. The first-order valence-corrected chi connectivity index (χ1v) is 3.22. The molecular formula is C7H6ClFN. The maximum Gasteiger partial charge on any atom is 0.160 e. The summed E-state index contributed by atoms with van der Waals surface area (Å²) in [4.78, 5) is 3.74. The molecule has 0 amide bonds. The van der Waals surface area contributed by atoms with E-state index in [1.54, 1.807) is 6.42 Å². The molecule has 0 aliphatic heterocycles. The number of hydrogen-bond donors (Lipinski definition) is 0. The lowest BCUT2D eigenvalue weighted by atomic mass is 10.3. The molecule has 0 unspecified atom stereocenters. The molecular weight excluding hydrogens is 153 g/mol. The second-order valence-electron chi connectivity index (χ2n) is 1.81. The third kappa shape index (κ3) is 1.45. The number of halogens is 2. The van der Waals surface area contributed by atoms with E-state index < -0.39 is 5.82 Å². The van der Waals surface area contributed by atoms with Crippen molar-refractivity contribution in [2.24, 2.45) is 0 Å². The van der Waals surface area contributed by atoms with E-state index in [1.165, 1.54) is 6.07 Å². The summed E-state index contributed by atoms with van der Waals surface area (Å²) in [7, 11) is 0. The van der Waals surface area contributed by atoms with Crippen molar-refractivity contribution in [2.75, 3.05) is 0 Å². The molecule has 0 aliphatic rings.